The molecule has 0 aliphatic heterocycles. The van der Waals surface area contributed by atoms with E-state index in [-0.39, 0.29) is 11.8 Å². The summed E-state index contributed by atoms with van der Waals surface area (Å²) < 4.78 is 3.26. The van der Waals surface area contributed by atoms with Gasteiger partial charge in [-0.15, -0.1) is 0 Å². The molecule has 3 aromatic heterocycles. The lowest BCUT2D eigenvalue weighted by Crippen LogP contribution is -2.30. The summed E-state index contributed by atoms with van der Waals surface area (Å²) in [7, 11) is 3.56. The molecule has 33 heavy (non-hydrogen) atoms. The number of pyridine rings is 1. The average molecular weight is 450 g/mol. The van der Waals surface area contributed by atoms with Crippen molar-refractivity contribution in [2.45, 2.75) is 45.4 Å². The van der Waals surface area contributed by atoms with E-state index >= 15 is 0 Å². The molecule has 0 spiro atoms. The number of anilines is 1. The van der Waals surface area contributed by atoms with Crippen LogP contribution in [-0.4, -0.2) is 36.4 Å². The average Bonchev–Trinajstić information content (AvgIpc) is 3.32. The van der Waals surface area contributed by atoms with Crippen molar-refractivity contribution in [3.05, 3.63) is 47.5 Å². The number of rotatable bonds is 6. The summed E-state index contributed by atoms with van der Waals surface area (Å²) in [6.45, 7) is 4.24. The van der Waals surface area contributed by atoms with Gasteiger partial charge in [-0.1, -0.05) is 19.8 Å². The first-order valence-electron chi connectivity index (χ1n) is 11.3. The number of aromatic nitrogens is 5. The molecule has 9 heteroatoms. The normalized spacial score (nSPS) is 19.3. The smallest absolute Gasteiger partial charge is 0.266 e. The highest BCUT2D eigenvalue weighted by molar-refractivity contribution is 5.96. The SMILES string of the molecule is Cc1cnn(C)c1-c1ccc(NC(=O)C(c2cc(C(N)=O)n(C)n2)C2CCC(C)CC2)nc1. The molecule has 1 saturated carbocycles. The van der Waals surface area contributed by atoms with E-state index in [2.05, 4.69) is 27.4 Å². The van der Waals surface area contributed by atoms with Gasteiger partial charge in [0.05, 0.1) is 23.5 Å². The zero-order valence-corrected chi connectivity index (χ0v) is 19.6. The summed E-state index contributed by atoms with van der Waals surface area (Å²) >= 11 is 0. The summed E-state index contributed by atoms with van der Waals surface area (Å²) in [6.07, 6.45) is 7.57. The maximum Gasteiger partial charge on any atom is 0.266 e. The lowest BCUT2D eigenvalue weighted by atomic mass is 9.75. The predicted molar refractivity (Wildman–Crippen MR) is 125 cm³/mol. The molecule has 0 saturated heterocycles. The molecule has 1 fully saturated rings. The number of carbonyl (C=O) groups excluding carboxylic acids is 2. The fourth-order valence-corrected chi connectivity index (χ4v) is 4.85. The number of carbonyl (C=O) groups is 2. The van der Waals surface area contributed by atoms with Crippen molar-refractivity contribution in [1.82, 2.24) is 24.5 Å². The van der Waals surface area contributed by atoms with E-state index in [0.29, 0.717) is 23.1 Å². The molecular weight excluding hydrogens is 418 g/mol. The second-order valence-corrected chi connectivity index (χ2v) is 9.16. The van der Waals surface area contributed by atoms with Crippen molar-refractivity contribution >= 4 is 17.6 Å². The third-order valence-electron chi connectivity index (χ3n) is 6.69. The number of nitrogens with zero attached hydrogens (tertiary/aromatic N) is 5. The number of amides is 2. The van der Waals surface area contributed by atoms with E-state index in [4.69, 9.17) is 5.73 Å². The van der Waals surface area contributed by atoms with E-state index in [1.165, 1.54) is 4.68 Å². The Bertz CT molecular complexity index is 1130. The Morgan fingerprint density at radius 3 is 2.39 bits per heavy atom. The van der Waals surface area contributed by atoms with Gasteiger partial charge in [0, 0.05) is 25.9 Å². The van der Waals surface area contributed by atoms with Gasteiger partial charge in [-0.05, 0) is 55.4 Å². The Kier molecular flexibility index (Phi) is 6.31. The fraction of sp³-hybridized carbons (Fsp3) is 0.458. The van der Waals surface area contributed by atoms with Crippen LogP contribution in [0.3, 0.4) is 0 Å². The van der Waals surface area contributed by atoms with Crippen LogP contribution >= 0.6 is 0 Å². The number of aryl methyl sites for hydroxylation is 3. The topological polar surface area (TPSA) is 121 Å². The van der Waals surface area contributed by atoms with Gasteiger partial charge in [0.25, 0.3) is 5.91 Å². The van der Waals surface area contributed by atoms with Crippen LogP contribution in [0.15, 0.2) is 30.6 Å². The first-order chi connectivity index (χ1) is 15.7. The van der Waals surface area contributed by atoms with Crippen LogP contribution in [0.1, 0.15) is 60.3 Å². The lowest BCUT2D eigenvalue weighted by Gasteiger charge is -2.31. The van der Waals surface area contributed by atoms with Crippen molar-refractivity contribution in [1.29, 1.82) is 0 Å². The van der Waals surface area contributed by atoms with Crippen molar-refractivity contribution in [3.63, 3.8) is 0 Å². The summed E-state index contributed by atoms with van der Waals surface area (Å²) in [5.41, 5.74) is 9.33. The molecule has 174 valence electrons. The molecular formula is C24H31N7O2. The van der Waals surface area contributed by atoms with Gasteiger partial charge in [-0.25, -0.2) is 4.98 Å². The van der Waals surface area contributed by atoms with Gasteiger partial charge in [0.15, 0.2) is 0 Å². The van der Waals surface area contributed by atoms with Crippen molar-refractivity contribution < 1.29 is 9.59 Å². The van der Waals surface area contributed by atoms with Crippen LogP contribution in [-0.2, 0) is 18.9 Å². The molecule has 3 heterocycles. The molecule has 2 amide bonds. The minimum absolute atomic E-state index is 0.146. The second kappa shape index (κ2) is 9.17. The largest absolute Gasteiger partial charge is 0.364 e. The zero-order chi connectivity index (χ0) is 23.7. The maximum absolute atomic E-state index is 13.5. The van der Waals surface area contributed by atoms with E-state index in [1.807, 2.05) is 30.9 Å². The number of hydrogen-bond donors (Lipinski definition) is 2. The van der Waals surface area contributed by atoms with Crippen molar-refractivity contribution in [3.8, 4) is 11.3 Å². The van der Waals surface area contributed by atoms with E-state index in [1.54, 1.807) is 25.4 Å². The van der Waals surface area contributed by atoms with E-state index in [9.17, 15) is 9.59 Å². The van der Waals surface area contributed by atoms with Crippen LogP contribution in [0, 0.1) is 18.8 Å². The minimum Gasteiger partial charge on any atom is -0.364 e. The molecule has 3 N–H and O–H groups in total. The molecule has 1 aliphatic carbocycles. The Morgan fingerprint density at radius 2 is 1.85 bits per heavy atom. The molecule has 1 aliphatic rings. The zero-order valence-electron chi connectivity index (χ0n) is 19.6. The van der Waals surface area contributed by atoms with Gasteiger partial charge in [-0.2, -0.15) is 10.2 Å². The van der Waals surface area contributed by atoms with Crippen LogP contribution < -0.4 is 11.1 Å². The quantitative estimate of drug-likeness (QED) is 0.599. The number of hydrogen-bond acceptors (Lipinski definition) is 5. The molecule has 4 rings (SSSR count). The highest BCUT2D eigenvalue weighted by atomic mass is 16.2. The molecule has 0 bridgehead atoms. The number of nitrogens with two attached hydrogens (primary N) is 1. The van der Waals surface area contributed by atoms with Crippen molar-refractivity contribution in [2.75, 3.05) is 5.32 Å². The summed E-state index contributed by atoms with van der Waals surface area (Å²) in [4.78, 5) is 29.7. The number of primary amides is 1. The van der Waals surface area contributed by atoms with Crippen molar-refractivity contribution in [2.24, 2.45) is 31.7 Å². The van der Waals surface area contributed by atoms with Crippen LogP contribution in [0.5, 0.6) is 0 Å². The van der Waals surface area contributed by atoms with E-state index in [0.717, 1.165) is 42.5 Å². The van der Waals surface area contributed by atoms with Gasteiger partial charge < -0.3 is 11.1 Å². The minimum atomic E-state index is -0.560. The summed E-state index contributed by atoms with van der Waals surface area (Å²) in [5, 5.41) is 11.7. The Morgan fingerprint density at radius 1 is 1.12 bits per heavy atom. The monoisotopic (exact) mass is 449 g/mol. The lowest BCUT2D eigenvalue weighted by molar-refractivity contribution is -0.119. The van der Waals surface area contributed by atoms with Gasteiger partial charge >= 0.3 is 0 Å². The molecule has 9 nitrogen and oxygen atoms in total. The molecule has 1 unspecified atom stereocenters. The highest BCUT2D eigenvalue weighted by Crippen LogP contribution is 2.38. The predicted octanol–water partition coefficient (Wildman–Crippen LogP) is 3.17. The first kappa shape index (κ1) is 22.7. The highest BCUT2D eigenvalue weighted by Gasteiger charge is 2.35. The van der Waals surface area contributed by atoms with Gasteiger partial charge in [0.1, 0.15) is 11.5 Å². The second-order valence-electron chi connectivity index (χ2n) is 9.16. The molecule has 0 aromatic carbocycles. The van der Waals surface area contributed by atoms with Crippen LogP contribution in [0.2, 0.25) is 0 Å². The Balaban J connectivity index is 1.59. The molecule has 0 radical (unpaired) electrons. The Labute approximate surface area is 193 Å². The number of nitrogens with one attached hydrogen (secondary N) is 1. The third kappa shape index (κ3) is 4.67. The Hall–Kier alpha value is -3.49. The van der Waals surface area contributed by atoms with Crippen LogP contribution in [0.25, 0.3) is 11.3 Å². The summed E-state index contributed by atoms with van der Waals surface area (Å²) in [5.74, 6) is 0.0742. The third-order valence-corrected chi connectivity index (χ3v) is 6.69. The molecule has 1 atom stereocenters. The van der Waals surface area contributed by atoms with Gasteiger partial charge in [-0.3, -0.25) is 19.0 Å². The molecule has 3 aromatic rings. The fourth-order valence-electron chi connectivity index (χ4n) is 4.85. The van der Waals surface area contributed by atoms with Crippen LogP contribution in [0.4, 0.5) is 5.82 Å². The van der Waals surface area contributed by atoms with Gasteiger partial charge in [0.2, 0.25) is 5.91 Å². The van der Waals surface area contributed by atoms with E-state index < -0.39 is 11.8 Å². The summed E-state index contributed by atoms with van der Waals surface area (Å²) in [6, 6.07) is 5.37. The standard InChI is InChI=1S/C24H31N7O2/c1-14-5-7-16(8-6-14)21(18-11-19(23(25)32)30(3)29-18)24(33)28-20-10-9-17(13-26-20)22-15(2)12-27-31(22)4/h9-14,16,21H,5-8H2,1-4H3,(H2,25,32)(H,26,28,33). The maximum atomic E-state index is 13.5. The first-order valence-corrected chi connectivity index (χ1v) is 11.3.